The molecule has 3 unspecified atom stereocenters. The van der Waals surface area contributed by atoms with Crippen molar-refractivity contribution in [3.8, 4) is 0 Å². The number of hydrogen-bond acceptors (Lipinski definition) is 13. The molecule has 0 saturated carbocycles. The van der Waals surface area contributed by atoms with Crippen molar-refractivity contribution in [2.75, 3.05) is 63.5 Å². The zero-order valence-corrected chi connectivity index (χ0v) is 37.5. The molecule has 2 aromatic rings. The minimum Gasteiger partial charge on any atom is -0.385 e. The Morgan fingerprint density at radius 3 is 2.03 bits per heavy atom. The van der Waals surface area contributed by atoms with Gasteiger partial charge in [0.05, 0.1) is 42.1 Å². The highest BCUT2D eigenvalue weighted by Gasteiger charge is 2.47. The van der Waals surface area contributed by atoms with Crippen LogP contribution >= 0.6 is 0 Å². The van der Waals surface area contributed by atoms with Crippen molar-refractivity contribution in [1.29, 1.82) is 0 Å². The van der Waals surface area contributed by atoms with E-state index in [0.717, 1.165) is 36.2 Å². The second-order valence-electron chi connectivity index (χ2n) is 15.8. The van der Waals surface area contributed by atoms with E-state index in [1.165, 1.54) is 18.2 Å². The molecule has 2 aromatic carbocycles. The van der Waals surface area contributed by atoms with Crippen LogP contribution in [0.15, 0.2) is 94.4 Å². The standard InChI is InChI=1S/C44H57N3O13S2/c1-6-7-22-43(2)34-30-32(61(51,52)53)15-17-36(34)45(24-28-58-5)38(43)13-11-9-8-10-12-14-39-44(3,23-27-57-4)35-31-33(62(54,55)56)16-18-37(35)46(39)25-29-59-26-21-42(50)60-47-40(48)19-20-41(47)49/h8-18,30-31,38H,6-7,19-29H2,1-5H3,(H,51,52,53)(H,54,55,56)/b9-8+,12-10+,13-11+,39-14+. The highest BCUT2D eigenvalue weighted by atomic mass is 32.2. The maximum atomic E-state index is 12.3. The first-order chi connectivity index (χ1) is 29.4. The Morgan fingerprint density at radius 1 is 0.790 bits per heavy atom. The number of fused-ring (bicyclic) bond motifs is 2. The molecule has 62 heavy (non-hydrogen) atoms. The number of anilines is 2. The number of ether oxygens (including phenoxy) is 3. The fraction of sp³-hybridized carbons (Fsp3) is 0.477. The van der Waals surface area contributed by atoms with Gasteiger partial charge < -0.3 is 28.8 Å². The average Bonchev–Trinajstić information content (AvgIpc) is 3.76. The smallest absolute Gasteiger partial charge is 0.335 e. The molecule has 3 aliphatic heterocycles. The first kappa shape index (κ1) is 48.3. The number of nitrogens with zero attached hydrogens (tertiary/aromatic N) is 3. The molecular weight excluding hydrogens is 843 g/mol. The predicted molar refractivity (Wildman–Crippen MR) is 232 cm³/mol. The monoisotopic (exact) mass is 899 g/mol. The van der Waals surface area contributed by atoms with Gasteiger partial charge in [-0.1, -0.05) is 63.1 Å². The van der Waals surface area contributed by atoms with Crippen molar-refractivity contribution in [3.63, 3.8) is 0 Å². The minimum absolute atomic E-state index is 0.0108. The van der Waals surface area contributed by atoms with E-state index in [2.05, 4.69) is 24.8 Å². The van der Waals surface area contributed by atoms with Crippen molar-refractivity contribution < 1.29 is 59.4 Å². The number of carbonyl (C=O) groups is 3. The van der Waals surface area contributed by atoms with Crippen molar-refractivity contribution in [3.05, 3.63) is 95.8 Å². The third kappa shape index (κ3) is 10.9. The van der Waals surface area contributed by atoms with E-state index >= 15 is 0 Å². The number of hydrogen-bond donors (Lipinski definition) is 2. The molecule has 2 amide bonds. The van der Waals surface area contributed by atoms with E-state index in [9.17, 15) is 40.3 Å². The summed E-state index contributed by atoms with van der Waals surface area (Å²) in [4.78, 5) is 44.7. The van der Waals surface area contributed by atoms with Gasteiger partial charge in [0.15, 0.2) is 0 Å². The number of imide groups is 1. The summed E-state index contributed by atoms with van der Waals surface area (Å²) in [5.74, 6) is -1.92. The van der Waals surface area contributed by atoms with Gasteiger partial charge in [0, 0.05) is 74.7 Å². The van der Waals surface area contributed by atoms with Gasteiger partial charge in [-0.15, -0.1) is 5.06 Å². The van der Waals surface area contributed by atoms with Crippen LogP contribution in [0.2, 0.25) is 0 Å². The molecule has 18 heteroatoms. The van der Waals surface area contributed by atoms with Crippen molar-refractivity contribution in [1.82, 2.24) is 5.06 Å². The van der Waals surface area contributed by atoms with E-state index in [4.69, 9.17) is 19.0 Å². The number of methoxy groups -OCH3 is 2. The molecule has 0 radical (unpaired) electrons. The summed E-state index contributed by atoms with van der Waals surface area (Å²) in [5.41, 5.74) is 2.69. The second-order valence-corrected chi connectivity index (χ2v) is 18.6. The Morgan fingerprint density at radius 2 is 1.40 bits per heavy atom. The molecule has 5 rings (SSSR count). The molecule has 0 aliphatic carbocycles. The van der Waals surface area contributed by atoms with Gasteiger partial charge in [0.25, 0.3) is 32.1 Å². The van der Waals surface area contributed by atoms with Crippen LogP contribution in [-0.4, -0.2) is 109 Å². The SMILES string of the molecule is CCCCC1(C)c2cc(S(=O)(=O)O)ccc2N(CCOC)C1/C=C/C=C/C=C/C=C1/N(CCOCCC(=O)ON2C(=O)CCC2=O)c2ccc(S(=O)(=O)O)cc2C1(C)CCOC. The van der Waals surface area contributed by atoms with Gasteiger partial charge in [-0.25, -0.2) is 4.79 Å². The van der Waals surface area contributed by atoms with E-state index < -0.39 is 48.8 Å². The normalized spacial score (nSPS) is 22.3. The Balaban J connectivity index is 1.38. The maximum absolute atomic E-state index is 12.3. The lowest BCUT2D eigenvalue weighted by molar-refractivity contribution is -0.198. The summed E-state index contributed by atoms with van der Waals surface area (Å²) in [6.45, 7) is 7.95. The van der Waals surface area contributed by atoms with Crippen molar-refractivity contribution >= 4 is 49.4 Å². The largest absolute Gasteiger partial charge is 0.385 e. The van der Waals surface area contributed by atoms with Crippen LogP contribution in [0.1, 0.15) is 76.8 Å². The molecule has 0 spiro atoms. The van der Waals surface area contributed by atoms with E-state index in [-0.39, 0.29) is 48.3 Å². The first-order valence-corrected chi connectivity index (χ1v) is 23.4. The minimum atomic E-state index is -4.51. The molecular formula is C44H57N3O13S2. The van der Waals surface area contributed by atoms with Gasteiger partial charge in [0.2, 0.25) is 0 Å². The number of benzene rings is 2. The molecule has 0 aromatic heterocycles. The van der Waals surface area contributed by atoms with Crippen LogP contribution in [0.25, 0.3) is 0 Å². The van der Waals surface area contributed by atoms with E-state index in [0.29, 0.717) is 49.0 Å². The number of hydroxylamine groups is 2. The quantitative estimate of drug-likeness (QED) is 0.0616. The average molecular weight is 900 g/mol. The Bertz CT molecular complexity index is 2310. The lowest BCUT2D eigenvalue weighted by atomic mass is 9.74. The molecule has 2 N–H and O–H groups in total. The van der Waals surface area contributed by atoms with Crippen molar-refractivity contribution in [2.24, 2.45) is 0 Å². The lowest BCUT2D eigenvalue weighted by Crippen LogP contribution is -2.43. The Labute approximate surface area is 364 Å². The Kier molecular flexibility index (Phi) is 16.1. The van der Waals surface area contributed by atoms with Crippen LogP contribution in [0.4, 0.5) is 11.4 Å². The summed E-state index contributed by atoms with van der Waals surface area (Å²) in [5, 5.41) is 0.490. The number of allylic oxidation sites excluding steroid dienone is 7. The first-order valence-electron chi connectivity index (χ1n) is 20.5. The number of amides is 2. The van der Waals surface area contributed by atoms with Crippen LogP contribution in [-0.2, 0) is 64.5 Å². The van der Waals surface area contributed by atoms with Gasteiger partial charge in [-0.2, -0.15) is 16.8 Å². The highest BCUT2D eigenvalue weighted by molar-refractivity contribution is 7.86. The zero-order valence-electron chi connectivity index (χ0n) is 35.8. The summed E-state index contributed by atoms with van der Waals surface area (Å²) in [7, 11) is -5.71. The third-order valence-corrected chi connectivity index (χ3v) is 13.4. The summed E-state index contributed by atoms with van der Waals surface area (Å²) < 4.78 is 85.3. The number of carbonyl (C=O) groups excluding carboxylic acids is 3. The second kappa shape index (κ2) is 20.7. The molecule has 1 fully saturated rings. The summed E-state index contributed by atoms with van der Waals surface area (Å²) in [6.07, 6.45) is 16.3. The highest BCUT2D eigenvalue weighted by Crippen LogP contribution is 2.51. The molecule has 16 nitrogen and oxygen atoms in total. The Hall–Kier alpha value is -4.69. The molecule has 0 bridgehead atoms. The summed E-state index contributed by atoms with van der Waals surface area (Å²) in [6, 6.07) is 9.06. The molecule has 3 heterocycles. The molecule has 1 saturated heterocycles. The van der Waals surface area contributed by atoms with Crippen LogP contribution in [0.5, 0.6) is 0 Å². The van der Waals surface area contributed by atoms with Gasteiger partial charge in [-0.05, 0) is 73.4 Å². The fourth-order valence-electron chi connectivity index (χ4n) is 8.36. The summed E-state index contributed by atoms with van der Waals surface area (Å²) >= 11 is 0. The lowest BCUT2D eigenvalue weighted by Gasteiger charge is -2.35. The molecule has 338 valence electrons. The van der Waals surface area contributed by atoms with Gasteiger partial charge in [0.1, 0.15) is 0 Å². The van der Waals surface area contributed by atoms with Crippen LogP contribution in [0.3, 0.4) is 0 Å². The molecule has 3 aliphatic rings. The van der Waals surface area contributed by atoms with Gasteiger partial charge in [-0.3, -0.25) is 18.7 Å². The van der Waals surface area contributed by atoms with E-state index in [1.54, 1.807) is 32.4 Å². The predicted octanol–water partition coefficient (Wildman–Crippen LogP) is 5.84. The number of unbranched alkanes of at least 4 members (excludes halogenated alkanes) is 1. The number of rotatable bonds is 22. The third-order valence-electron chi connectivity index (χ3n) is 11.7. The fourth-order valence-corrected chi connectivity index (χ4v) is 9.37. The van der Waals surface area contributed by atoms with Crippen molar-refractivity contribution in [2.45, 2.75) is 92.4 Å². The van der Waals surface area contributed by atoms with Crippen LogP contribution < -0.4 is 9.80 Å². The molecule has 3 atom stereocenters. The van der Waals surface area contributed by atoms with Gasteiger partial charge >= 0.3 is 5.97 Å². The maximum Gasteiger partial charge on any atom is 0.335 e. The van der Waals surface area contributed by atoms with Crippen LogP contribution in [0, 0.1) is 0 Å². The van der Waals surface area contributed by atoms with E-state index in [1.807, 2.05) is 48.3 Å². The topological polar surface area (TPSA) is 207 Å². The zero-order chi connectivity index (χ0) is 45.3.